The van der Waals surface area contributed by atoms with Gasteiger partial charge in [0.05, 0.1) is 0 Å². The lowest BCUT2D eigenvalue weighted by Crippen LogP contribution is -2.00. The lowest BCUT2D eigenvalue weighted by atomic mass is 10.2. The van der Waals surface area contributed by atoms with Crippen molar-refractivity contribution in [2.24, 2.45) is 5.73 Å². The molecule has 0 amide bonds. The summed E-state index contributed by atoms with van der Waals surface area (Å²) >= 11 is 2.96. The van der Waals surface area contributed by atoms with E-state index >= 15 is 0 Å². The fourth-order valence-corrected chi connectivity index (χ4v) is 3.10. The fraction of sp³-hybridized carbons (Fsp3) is 0.364. The number of hydrogen-bond donors (Lipinski definition) is 1. The van der Waals surface area contributed by atoms with Crippen LogP contribution in [0.3, 0.4) is 0 Å². The Morgan fingerprint density at radius 3 is 2.82 bits per heavy atom. The minimum absolute atomic E-state index is 0.495. The minimum Gasteiger partial charge on any atom is -0.326 e. The fourth-order valence-electron chi connectivity index (χ4n) is 1.31. The van der Waals surface area contributed by atoms with Crippen LogP contribution in [-0.2, 0) is 13.0 Å². The van der Waals surface area contributed by atoms with Gasteiger partial charge in [0.15, 0.2) is 4.34 Å². The van der Waals surface area contributed by atoms with Crippen molar-refractivity contribution in [2.45, 2.75) is 36.2 Å². The molecule has 4 nitrogen and oxygen atoms in total. The van der Waals surface area contributed by atoms with E-state index in [0.29, 0.717) is 6.54 Å². The van der Waals surface area contributed by atoms with E-state index in [1.54, 1.807) is 11.8 Å². The Labute approximate surface area is 109 Å². The van der Waals surface area contributed by atoms with Crippen molar-refractivity contribution in [3.05, 3.63) is 29.2 Å². The van der Waals surface area contributed by atoms with Crippen molar-refractivity contribution < 1.29 is 0 Å². The van der Waals surface area contributed by atoms with E-state index in [0.717, 1.165) is 32.9 Å². The molecule has 0 aromatic carbocycles. The first kappa shape index (κ1) is 12.5. The third-order valence-electron chi connectivity index (χ3n) is 2.25. The van der Waals surface area contributed by atoms with E-state index in [2.05, 4.69) is 14.3 Å². The lowest BCUT2D eigenvalue weighted by Gasteiger charge is -2.04. The Morgan fingerprint density at radius 2 is 2.18 bits per heavy atom. The maximum absolute atomic E-state index is 5.70. The molecule has 6 heteroatoms. The van der Waals surface area contributed by atoms with Crippen molar-refractivity contribution in [2.75, 3.05) is 0 Å². The van der Waals surface area contributed by atoms with Gasteiger partial charge in [-0.3, -0.25) is 0 Å². The van der Waals surface area contributed by atoms with E-state index in [1.165, 1.54) is 11.5 Å². The van der Waals surface area contributed by atoms with Crippen LogP contribution in [0.15, 0.2) is 21.5 Å². The molecule has 2 N–H and O–H groups in total. The van der Waals surface area contributed by atoms with Gasteiger partial charge in [-0.2, -0.15) is 4.37 Å². The van der Waals surface area contributed by atoms with Crippen LogP contribution in [0.25, 0.3) is 0 Å². The summed E-state index contributed by atoms with van der Waals surface area (Å²) in [6, 6.07) is 4.00. The molecule has 0 spiro atoms. The average molecular weight is 266 g/mol. The van der Waals surface area contributed by atoms with Gasteiger partial charge < -0.3 is 5.73 Å². The second-order valence-electron chi connectivity index (χ2n) is 3.55. The van der Waals surface area contributed by atoms with Crippen molar-refractivity contribution in [1.82, 2.24) is 14.3 Å². The van der Waals surface area contributed by atoms with Gasteiger partial charge in [-0.05, 0) is 41.8 Å². The molecule has 0 aliphatic rings. The van der Waals surface area contributed by atoms with E-state index in [-0.39, 0.29) is 0 Å². The second kappa shape index (κ2) is 5.57. The van der Waals surface area contributed by atoms with E-state index in [9.17, 15) is 0 Å². The van der Waals surface area contributed by atoms with Crippen LogP contribution < -0.4 is 5.73 Å². The molecule has 0 unspecified atom stereocenters. The van der Waals surface area contributed by atoms with Crippen LogP contribution in [0.1, 0.15) is 24.0 Å². The number of rotatable bonds is 4. The molecule has 0 saturated heterocycles. The summed E-state index contributed by atoms with van der Waals surface area (Å²) in [7, 11) is 0. The van der Waals surface area contributed by atoms with Gasteiger partial charge in [0, 0.05) is 18.7 Å². The van der Waals surface area contributed by atoms with Gasteiger partial charge >= 0.3 is 0 Å². The van der Waals surface area contributed by atoms with Gasteiger partial charge in [0.1, 0.15) is 10.9 Å². The molecule has 0 bridgehead atoms. The number of nitrogens with zero attached hydrogens (tertiary/aromatic N) is 3. The standard InChI is InChI=1S/C11H14N4S2/c1-3-9-14-11(17-15-9)16-10-8(6-12)5-4-7(2)13-10/h4-5H,3,6,12H2,1-2H3. The Kier molecular flexibility index (Phi) is 4.09. The van der Waals surface area contributed by atoms with Crippen LogP contribution in [0.5, 0.6) is 0 Å². The Bertz CT molecular complexity index is 510. The van der Waals surface area contributed by atoms with Crippen molar-refractivity contribution >= 4 is 23.3 Å². The predicted octanol–water partition coefficient (Wildman–Crippen LogP) is 2.41. The largest absolute Gasteiger partial charge is 0.326 e. The van der Waals surface area contributed by atoms with Gasteiger partial charge in [-0.1, -0.05) is 13.0 Å². The van der Waals surface area contributed by atoms with Gasteiger partial charge in [-0.25, -0.2) is 9.97 Å². The summed E-state index contributed by atoms with van der Waals surface area (Å²) in [6.07, 6.45) is 0.863. The summed E-state index contributed by atoms with van der Waals surface area (Å²) in [5.41, 5.74) is 7.74. The molecule has 0 aliphatic heterocycles. The number of nitrogens with two attached hydrogens (primary N) is 1. The highest BCUT2D eigenvalue weighted by Gasteiger charge is 2.09. The molecule has 2 heterocycles. The molecule has 2 aromatic heterocycles. The molecular formula is C11H14N4S2. The maximum Gasteiger partial charge on any atom is 0.176 e. The highest BCUT2D eigenvalue weighted by atomic mass is 32.2. The van der Waals surface area contributed by atoms with E-state index < -0.39 is 0 Å². The molecule has 2 aromatic rings. The highest BCUT2D eigenvalue weighted by Crippen LogP contribution is 2.30. The number of aryl methyl sites for hydroxylation is 2. The molecule has 0 fully saturated rings. The second-order valence-corrected chi connectivity index (χ2v) is 5.54. The van der Waals surface area contributed by atoms with Crippen LogP contribution in [-0.4, -0.2) is 14.3 Å². The molecular weight excluding hydrogens is 252 g/mol. The van der Waals surface area contributed by atoms with Crippen molar-refractivity contribution in [3.63, 3.8) is 0 Å². The molecule has 90 valence electrons. The first-order chi connectivity index (χ1) is 8.22. The van der Waals surface area contributed by atoms with E-state index in [4.69, 9.17) is 5.73 Å². The quantitative estimate of drug-likeness (QED) is 0.920. The molecule has 0 radical (unpaired) electrons. The zero-order valence-electron chi connectivity index (χ0n) is 9.80. The highest BCUT2D eigenvalue weighted by molar-refractivity contribution is 8.00. The van der Waals surface area contributed by atoms with Gasteiger partial charge in [-0.15, -0.1) is 0 Å². The van der Waals surface area contributed by atoms with Crippen molar-refractivity contribution in [1.29, 1.82) is 0 Å². The third kappa shape index (κ3) is 3.02. The van der Waals surface area contributed by atoms with Crippen molar-refractivity contribution in [3.8, 4) is 0 Å². The third-order valence-corrected chi connectivity index (χ3v) is 4.08. The number of aromatic nitrogens is 3. The van der Waals surface area contributed by atoms with Crippen LogP contribution >= 0.6 is 23.3 Å². The Balaban J connectivity index is 2.25. The first-order valence-electron chi connectivity index (χ1n) is 5.40. The summed E-state index contributed by atoms with van der Waals surface area (Å²) in [6.45, 7) is 4.52. The normalized spacial score (nSPS) is 10.8. The zero-order chi connectivity index (χ0) is 12.3. The van der Waals surface area contributed by atoms with Crippen LogP contribution in [0, 0.1) is 6.92 Å². The van der Waals surface area contributed by atoms with Crippen LogP contribution in [0.4, 0.5) is 0 Å². The summed E-state index contributed by atoms with van der Waals surface area (Å²) < 4.78 is 5.19. The maximum atomic E-state index is 5.70. The summed E-state index contributed by atoms with van der Waals surface area (Å²) in [4.78, 5) is 8.91. The number of pyridine rings is 1. The molecule has 0 atom stereocenters. The molecule has 0 aliphatic carbocycles. The molecule has 17 heavy (non-hydrogen) atoms. The topological polar surface area (TPSA) is 64.7 Å². The Hall–Kier alpha value is -0.980. The number of hydrogen-bond acceptors (Lipinski definition) is 6. The lowest BCUT2D eigenvalue weighted by molar-refractivity contribution is 0.936. The van der Waals surface area contributed by atoms with Gasteiger partial charge in [0.25, 0.3) is 0 Å². The average Bonchev–Trinajstić information content (AvgIpc) is 2.77. The monoisotopic (exact) mass is 266 g/mol. The van der Waals surface area contributed by atoms with Crippen LogP contribution in [0.2, 0.25) is 0 Å². The SMILES string of the molecule is CCc1nsc(Sc2nc(C)ccc2CN)n1. The first-order valence-corrected chi connectivity index (χ1v) is 6.99. The van der Waals surface area contributed by atoms with Gasteiger partial charge in [0.2, 0.25) is 0 Å². The van der Waals surface area contributed by atoms with E-state index in [1.807, 2.05) is 26.0 Å². The Morgan fingerprint density at radius 1 is 1.35 bits per heavy atom. The zero-order valence-corrected chi connectivity index (χ0v) is 11.4. The summed E-state index contributed by atoms with van der Waals surface area (Å²) in [5.74, 6) is 0.888. The molecule has 0 saturated carbocycles. The summed E-state index contributed by atoms with van der Waals surface area (Å²) in [5, 5.41) is 0.936. The smallest absolute Gasteiger partial charge is 0.176 e. The predicted molar refractivity (Wildman–Crippen MR) is 70.3 cm³/mol. The molecule has 2 rings (SSSR count). The minimum atomic E-state index is 0.495.